The molecule has 168 valence electrons. The van der Waals surface area contributed by atoms with E-state index in [1.165, 1.54) is 32.3 Å². The Kier molecular flexibility index (Phi) is 5.47. The van der Waals surface area contributed by atoms with Crippen LogP contribution in [0.15, 0.2) is 41.7 Å². The second-order valence-corrected chi connectivity index (χ2v) is 12.0. The van der Waals surface area contributed by atoms with Crippen LogP contribution in [0.5, 0.6) is 0 Å². The molecule has 3 heterocycles. The summed E-state index contributed by atoms with van der Waals surface area (Å²) in [6, 6.07) is 6.24. The molecule has 2 N–H and O–H groups in total. The number of hydrogen-bond acceptors (Lipinski definition) is 6. The minimum atomic E-state index is -3.66. The van der Waals surface area contributed by atoms with Gasteiger partial charge in [0.2, 0.25) is 0 Å². The van der Waals surface area contributed by atoms with E-state index in [-0.39, 0.29) is 17.2 Å². The van der Waals surface area contributed by atoms with E-state index in [1.54, 1.807) is 25.1 Å². The van der Waals surface area contributed by atoms with Gasteiger partial charge in [0, 0.05) is 29.8 Å². The molecule has 6 nitrogen and oxygen atoms in total. The van der Waals surface area contributed by atoms with Gasteiger partial charge in [-0.25, -0.2) is 12.8 Å². The van der Waals surface area contributed by atoms with Gasteiger partial charge in [0.25, 0.3) is 0 Å². The number of nitrogens with two attached hydrogens (primary N) is 1. The fourth-order valence-electron chi connectivity index (χ4n) is 3.81. The Hall–Kier alpha value is -2.29. The predicted molar refractivity (Wildman–Crippen MR) is 126 cm³/mol. The highest BCUT2D eigenvalue weighted by Crippen LogP contribution is 2.38. The van der Waals surface area contributed by atoms with E-state index in [4.69, 9.17) is 28.9 Å². The van der Waals surface area contributed by atoms with Crippen LogP contribution in [0, 0.1) is 5.82 Å². The fraction of sp³-hybridized carbons (Fsp3) is 0.318. The molecule has 0 saturated carbocycles. The van der Waals surface area contributed by atoms with Gasteiger partial charge in [0.1, 0.15) is 21.9 Å². The minimum absolute atomic E-state index is 0.0394. The highest BCUT2D eigenvalue weighted by atomic mass is 35.5. The zero-order valence-corrected chi connectivity index (χ0v) is 20.0. The molecule has 0 radical (unpaired) electrons. The van der Waals surface area contributed by atoms with Crippen molar-refractivity contribution < 1.29 is 12.8 Å². The van der Waals surface area contributed by atoms with Crippen LogP contribution < -0.4 is 5.73 Å². The van der Waals surface area contributed by atoms with E-state index < -0.39 is 25.9 Å². The van der Waals surface area contributed by atoms with Crippen molar-refractivity contribution in [3.05, 3.63) is 69.3 Å². The molecule has 1 aliphatic heterocycles. The molecule has 0 spiro atoms. The lowest BCUT2D eigenvalue weighted by molar-refractivity contribution is 0.475. The summed E-state index contributed by atoms with van der Waals surface area (Å²) in [5, 5.41) is 1.53. The van der Waals surface area contributed by atoms with Gasteiger partial charge >= 0.3 is 0 Å². The fourth-order valence-corrected chi connectivity index (χ4v) is 5.85. The highest BCUT2D eigenvalue weighted by Gasteiger charge is 2.49. The number of aliphatic imine (C=N–C) groups is 1. The molecule has 0 amide bonds. The molecular formula is C22H21Cl2FN4O2S. The lowest BCUT2D eigenvalue weighted by atomic mass is 9.91. The molecule has 10 heteroatoms. The lowest BCUT2D eigenvalue weighted by Gasteiger charge is -2.38. The third-order valence-corrected chi connectivity index (χ3v) is 9.15. The number of halogens is 3. The molecule has 3 aromatic rings. The normalized spacial score (nSPS) is 22.0. The average molecular weight is 495 g/mol. The molecule has 0 saturated heterocycles. The maximum atomic E-state index is 14.9. The standard InChI is InChI=1S/C22H21Cl2FN4O2S/c1-21(2)20(26)29-22(3,11-32(21,30)31)15-6-12(4-5-17(15)25)7-18-19-14(16(24)10-27-18)8-13(23)9-28-19/h4-6,8-10H,7,11H2,1-3H3,(H2,26,29)/t22-/m0/s1. The van der Waals surface area contributed by atoms with Gasteiger partial charge in [-0.2, -0.15) is 0 Å². The molecule has 0 aliphatic carbocycles. The highest BCUT2D eigenvalue weighted by molar-refractivity contribution is 7.93. The first-order valence-electron chi connectivity index (χ1n) is 9.80. The zero-order valence-electron chi connectivity index (χ0n) is 17.7. The van der Waals surface area contributed by atoms with E-state index in [2.05, 4.69) is 15.0 Å². The topological polar surface area (TPSA) is 98.3 Å². The Morgan fingerprint density at radius 2 is 1.84 bits per heavy atom. The van der Waals surface area contributed by atoms with E-state index in [1.807, 2.05) is 0 Å². The van der Waals surface area contributed by atoms with Crippen molar-refractivity contribution in [2.24, 2.45) is 10.7 Å². The Balaban J connectivity index is 1.79. The Morgan fingerprint density at radius 3 is 2.53 bits per heavy atom. The summed E-state index contributed by atoms with van der Waals surface area (Å²) in [5.74, 6) is -0.944. The first kappa shape index (κ1) is 22.9. The van der Waals surface area contributed by atoms with Gasteiger partial charge in [-0.15, -0.1) is 0 Å². The van der Waals surface area contributed by atoms with Gasteiger partial charge in [0.05, 0.1) is 27.0 Å². The van der Waals surface area contributed by atoms with Gasteiger partial charge in [-0.05, 0) is 38.5 Å². The van der Waals surface area contributed by atoms with Crippen LogP contribution in [0.25, 0.3) is 10.9 Å². The van der Waals surface area contributed by atoms with Crippen LogP contribution >= 0.6 is 23.2 Å². The number of aromatic nitrogens is 2. The summed E-state index contributed by atoms with van der Waals surface area (Å²) in [6.45, 7) is 4.59. The molecule has 4 rings (SSSR count). The molecule has 0 bridgehead atoms. The molecule has 2 aromatic heterocycles. The van der Waals surface area contributed by atoms with Gasteiger partial charge in [-0.1, -0.05) is 35.3 Å². The van der Waals surface area contributed by atoms with Crippen molar-refractivity contribution in [3.8, 4) is 0 Å². The summed E-state index contributed by atoms with van der Waals surface area (Å²) < 4.78 is 39.3. The first-order valence-corrected chi connectivity index (χ1v) is 12.2. The zero-order chi connectivity index (χ0) is 23.5. The summed E-state index contributed by atoms with van der Waals surface area (Å²) in [4.78, 5) is 13.2. The summed E-state index contributed by atoms with van der Waals surface area (Å²) in [5.41, 5.74) is 6.75. The van der Waals surface area contributed by atoms with Crippen molar-refractivity contribution in [1.29, 1.82) is 0 Å². The van der Waals surface area contributed by atoms with E-state index >= 15 is 0 Å². The van der Waals surface area contributed by atoms with Crippen molar-refractivity contribution in [2.75, 3.05) is 5.75 Å². The lowest BCUT2D eigenvalue weighted by Crippen LogP contribution is -2.55. The maximum absolute atomic E-state index is 14.9. The number of fused-ring (bicyclic) bond motifs is 1. The number of nitrogens with zero attached hydrogens (tertiary/aromatic N) is 3. The van der Waals surface area contributed by atoms with E-state index in [0.717, 1.165) is 0 Å². The molecule has 0 unspecified atom stereocenters. The van der Waals surface area contributed by atoms with E-state index in [0.29, 0.717) is 38.6 Å². The number of sulfone groups is 1. The van der Waals surface area contributed by atoms with Gasteiger partial charge in [0.15, 0.2) is 9.84 Å². The number of benzene rings is 1. The second kappa shape index (κ2) is 7.64. The molecule has 32 heavy (non-hydrogen) atoms. The van der Waals surface area contributed by atoms with Crippen molar-refractivity contribution in [3.63, 3.8) is 0 Å². The van der Waals surface area contributed by atoms with Crippen LogP contribution in [0.2, 0.25) is 10.0 Å². The monoisotopic (exact) mass is 494 g/mol. The number of hydrogen-bond donors (Lipinski definition) is 1. The molecule has 1 aromatic carbocycles. The Labute approximate surface area is 195 Å². The molecule has 1 aliphatic rings. The van der Waals surface area contributed by atoms with E-state index in [9.17, 15) is 12.8 Å². The van der Waals surface area contributed by atoms with Crippen molar-refractivity contribution >= 4 is 49.8 Å². The molecule has 0 fully saturated rings. The molecule has 1 atom stereocenters. The van der Waals surface area contributed by atoms with Gasteiger partial charge < -0.3 is 5.73 Å². The Bertz CT molecular complexity index is 1390. The second-order valence-electron chi connectivity index (χ2n) is 8.63. The predicted octanol–water partition coefficient (Wildman–Crippen LogP) is 4.45. The maximum Gasteiger partial charge on any atom is 0.165 e. The van der Waals surface area contributed by atoms with Crippen LogP contribution in [-0.2, 0) is 21.8 Å². The summed E-state index contributed by atoms with van der Waals surface area (Å²) >= 11 is 12.3. The van der Waals surface area contributed by atoms with Crippen molar-refractivity contribution in [1.82, 2.24) is 9.97 Å². The van der Waals surface area contributed by atoms with Crippen LogP contribution in [-0.4, -0.2) is 34.7 Å². The van der Waals surface area contributed by atoms with Crippen LogP contribution in [0.3, 0.4) is 0 Å². The van der Waals surface area contributed by atoms with Crippen molar-refractivity contribution in [2.45, 2.75) is 37.5 Å². The average Bonchev–Trinajstić information content (AvgIpc) is 2.70. The largest absolute Gasteiger partial charge is 0.386 e. The third kappa shape index (κ3) is 3.74. The summed E-state index contributed by atoms with van der Waals surface area (Å²) in [7, 11) is -3.66. The first-order chi connectivity index (χ1) is 14.8. The van der Waals surface area contributed by atoms with Gasteiger partial charge in [-0.3, -0.25) is 15.0 Å². The van der Waals surface area contributed by atoms with Crippen LogP contribution in [0.4, 0.5) is 4.39 Å². The van der Waals surface area contributed by atoms with Crippen LogP contribution in [0.1, 0.15) is 37.6 Å². The number of pyridine rings is 2. The molecular weight excluding hydrogens is 474 g/mol. The SMILES string of the molecule is CC1(C)C(N)=N[C@](C)(c2cc(Cc3ncc(Cl)c4cc(Cl)cnc34)ccc2F)CS1(=O)=O. The number of amidine groups is 1. The smallest absolute Gasteiger partial charge is 0.165 e. The summed E-state index contributed by atoms with van der Waals surface area (Å²) in [6.07, 6.45) is 3.35. The quantitative estimate of drug-likeness (QED) is 0.579. The number of rotatable bonds is 3. The third-order valence-electron chi connectivity index (χ3n) is 5.93. The minimum Gasteiger partial charge on any atom is -0.386 e. The Morgan fingerprint density at radius 1 is 1.12 bits per heavy atom.